The number of aliphatic imine (C=N–C) groups is 1. The maximum absolute atomic E-state index is 12.7. The molecule has 0 saturated heterocycles. The first-order valence-corrected chi connectivity index (χ1v) is 10.9. The number of nitrogens with zero attached hydrogens (tertiary/aromatic N) is 3. The van der Waals surface area contributed by atoms with E-state index in [4.69, 9.17) is 4.42 Å². The van der Waals surface area contributed by atoms with E-state index in [0.29, 0.717) is 38.0 Å². The molecule has 33 heavy (non-hydrogen) atoms. The number of likely N-dealkylation sites (N-methyl/N-ethyl adjacent to an activating group) is 1. The third-order valence-electron chi connectivity index (χ3n) is 4.95. The maximum atomic E-state index is 12.7. The zero-order valence-corrected chi connectivity index (χ0v) is 21.7. The molecule has 0 aliphatic carbocycles. The van der Waals surface area contributed by atoms with Gasteiger partial charge in [-0.05, 0) is 38.5 Å². The number of benzene rings is 2. The average molecular weight is 561 g/mol. The lowest BCUT2D eigenvalue weighted by molar-refractivity contribution is -0.130. The number of carbonyl (C=O) groups excluding carboxylic acids is 1. The van der Waals surface area contributed by atoms with Crippen LogP contribution in [0.25, 0.3) is 11.5 Å². The number of rotatable bonds is 9. The molecule has 8 heteroatoms. The van der Waals surface area contributed by atoms with Crippen LogP contribution in [0.4, 0.5) is 0 Å². The van der Waals surface area contributed by atoms with Crippen LogP contribution < -0.4 is 10.6 Å². The van der Waals surface area contributed by atoms with Crippen molar-refractivity contribution in [3.8, 4) is 11.5 Å². The number of aromatic nitrogens is 1. The number of carbonyl (C=O) groups is 1. The highest BCUT2D eigenvalue weighted by molar-refractivity contribution is 14.0. The van der Waals surface area contributed by atoms with Crippen molar-refractivity contribution in [2.75, 3.05) is 19.6 Å². The summed E-state index contributed by atoms with van der Waals surface area (Å²) in [5.74, 6) is 1.16. The Kier molecular flexibility index (Phi) is 10.9. The highest BCUT2D eigenvalue weighted by Gasteiger charge is 2.13. The molecular formula is C25H32IN5O2. The largest absolute Gasteiger partial charge is 0.444 e. The quantitative estimate of drug-likeness (QED) is 0.230. The second kappa shape index (κ2) is 13.6. The van der Waals surface area contributed by atoms with Gasteiger partial charge in [0.2, 0.25) is 11.8 Å². The van der Waals surface area contributed by atoms with Crippen molar-refractivity contribution in [1.29, 1.82) is 0 Å². The molecule has 1 amide bonds. The number of guanidine groups is 1. The minimum atomic E-state index is 0. The third-order valence-corrected chi connectivity index (χ3v) is 4.95. The van der Waals surface area contributed by atoms with Crippen LogP contribution in [-0.2, 0) is 17.9 Å². The van der Waals surface area contributed by atoms with Crippen molar-refractivity contribution in [3.05, 3.63) is 77.7 Å². The molecule has 7 nitrogen and oxygen atoms in total. The van der Waals surface area contributed by atoms with Crippen LogP contribution in [0.5, 0.6) is 0 Å². The van der Waals surface area contributed by atoms with Crippen LogP contribution >= 0.6 is 24.0 Å². The van der Waals surface area contributed by atoms with Gasteiger partial charge < -0.3 is 20.0 Å². The van der Waals surface area contributed by atoms with Crippen LogP contribution in [0.3, 0.4) is 0 Å². The Hall–Kier alpha value is -2.88. The number of hydrogen-bond acceptors (Lipinski definition) is 4. The first-order chi connectivity index (χ1) is 15.6. The van der Waals surface area contributed by atoms with E-state index in [1.54, 1.807) is 6.26 Å². The number of oxazole rings is 1. The van der Waals surface area contributed by atoms with Gasteiger partial charge in [-0.1, -0.05) is 48.0 Å². The van der Waals surface area contributed by atoms with Gasteiger partial charge in [0, 0.05) is 25.2 Å². The Bertz CT molecular complexity index is 1020. The van der Waals surface area contributed by atoms with E-state index >= 15 is 0 Å². The normalized spacial score (nSPS) is 10.9. The molecule has 0 fully saturated rings. The second-order valence-electron chi connectivity index (χ2n) is 7.45. The molecule has 3 aromatic rings. The molecule has 0 unspecified atom stereocenters. The number of nitrogens with one attached hydrogen (secondary N) is 2. The fraction of sp³-hybridized carbons (Fsp3) is 0.320. The molecule has 3 rings (SSSR count). The smallest absolute Gasteiger partial charge is 0.242 e. The van der Waals surface area contributed by atoms with E-state index in [-0.39, 0.29) is 36.4 Å². The zero-order chi connectivity index (χ0) is 22.8. The summed E-state index contributed by atoms with van der Waals surface area (Å²) in [6.45, 7) is 8.45. The van der Waals surface area contributed by atoms with Crippen molar-refractivity contribution in [2.24, 2.45) is 4.99 Å². The molecule has 0 saturated carbocycles. The van der Waals surface area contributed by atoms with Crippen molar-refractivity contribution in [1.82, 2.24) is 20.5 Å². The Morgan fingerprint density at radius 1 is 1.06 bits per heavy atom. The van der Waals surface area contributed by atoms with Gasteiger partial charge in [0.1, 0.15) is 12.0 Å². The topological polar surface area (TPSA) is 82.8 Å². The van der Waals surface area contributed by atoms with E-state index in [2.05, 4.69) is 20.6 Å². The summed E-state index contributed by atoms with van der Waals surface area (Å²) in [5, 5.41) is 6.29. The zero-order valence-electron chi connectivity index (χ0n) is 19.4. The van der Waals surface area contributed by atoms with E-state index in [9.17, 15) is 4.79 Å². The molecule has 0 radical (unpaired) electrons. The Balaban J connectivity index is 0.00000385. The summed E-state index contributed by atoms with van der Waals surface area (Å²) in [4.78, 5) is 23.6. The predicted octanol–water partition coefficient (Wildman–Crippen LogP) is 4.37. The van der Waals surface area contributed by atoms with Crippen LogP contribution in [0.1, 0.15) is 30.7 Å². The van der Waals surface area contributed by atoms with Crippen molar-refractivity contribution in [3.63, 3.8) is 0 Å². The van der Waals surface area contributed by atoms with Crippen molar-refractivity contribution >= 4 is 35.8 Å². The van der Waals surface area contributed by atoms with Crippen LogP contribution in [0, 0.1) is 6.92 Å². The van der Waals surface area contributed by atoms with Crippen LogP contribution in [0.2, 0.25) is 0 Å². The lowest BCUT2D eigenvalue weighted by Gasteiger charge is -2.22. The third kappa shape index (κ3) is 8.20. The molecule has 0 spiro atoms. The van der Waals surface area contributed by atoms with E-state index in [0.717, 1.165) is 16.8 Å². The Labute approximate surface area is 212 Å². The fourth-order valence-corrected chi connectivity index (χ4v) is 3.16. The van der Waals surface area contributed by atoms with Gasteiger partial charge in [-0.25, -0.2) is 9.98 Å². The SMILES string of the molecule is CCNC(=NCc1coc(-c2ccc(C)cc2)n1)NCC(=O)N(CC)Cc1ccccc1.I. The molecule has 176 valence electrons. The molecule has 1 heterocycles. The molecule has 0 aliphatic rings. The molecular weight excluding hydrogens is 529 g/mol. The van der Waals surface area contributed by atoms with Crippen LogP contribution in [0.15, 0.2) is 70.3 Å². The number of halogens is 1. The summed E-state index contributed by atoms with van der Waals surface area (Å²) in [6.07, 6.45) is 1.62. The first kappa shape index (κ1) is 26.4. The lowest BCUT2D eigenvalue weighted by atomic mass is 10.1. The second-order valence-corrected chi connectivity index (χ2v) is 7.45. The molecule has 2 N–H and O–H groups in total. The van der Waals surface area contributed by atoms with Gasteiger partial charge >= 0.3 is 0 Å². The van der Waals surface area contributed by atoms with Gasteiger partial charge in [0.15, 0.2) is 5.96 Å². The summed E-state index contributed by atoms with van der Waals surface area (Å²) in [7, 11) is 0. The summed E-state index contributed by atoms with van der Waals surface area (Å²) >= 11 is 0. The van der Waals surface area contributed by atoms with Gasteiger partial charge in [-0.2, -0.15) is 0 Å². The maximum Gasteiger partial charge on any atom is 0.242 e. The van der Waals surface area contributed by atoms with Gasteiger partial charge in [0.25, 0.3) is 0 Å². The molecule has 1 aromatic heterocycles. The first-order valence-electron chi connectivity index (χ1n) is 10.9. The minimum absolute atomic E-state index is 0. The molecule has 0 bridgehead atoms. The highest BCUT2D eigenvalue weighted by atomic mass is 127. The molecule has 0 aliphatic heterocycles. The van der Waals surface area contributed by atoms with Gasteiger partial charge in [0.05, 0.1) is 13.1 Å². The Morgan fingerprint density at radius 3 is 2.45 bits per heavy atom. The summed E-state index contributed by atoms with van der Waals surface area (Å²) < 4.78 is 5.60. The predicted molar refractivity (Wildman–Crippen MR) is 142 cm³/mol. The summed E-state index contributed by atoms with van der Waals surface area (Å²) in [5.41, 5.74) is 3.95. The van der Waals surface area contributed by atoms with E-state index < -0.39 is 0 Å². The van der Waals surface area contributed by atoms with Crippen molar-refractivity contribution < 1.29 is 9.21 Å². The molecule has 2 aromatic carbocycles. The minimum Gasteiger partial charge on any atom is -0.444 e. The number of aryl methyl sites for hydroxylation is 1. The summed E-state index contributed by atoms with van der Waals surface area (Å²) in [6, 6.07) is 18.0. The number of amides is 1. The molecule has 0 atom stereocenters. The highest BCUT2D eigenvalue weighted by Crippen LogP contribution is 2.19. The van der Waals surface area contributed by atoms with Crippen molar-refractivity contribution in [2.45, 2.75) is 33.9 Å². The van der Waals surface area contributed by atoms with Gasteiger partial charge in [-0.3, -0.25) is 4.79 Å². The van der Waals surface area contributed by atoms with Crippen LogP contribution in [-0.4, -0.2) is 41.4 Å². The van der Waals surface area contributed by atoms with E-state index in [1.165, 1.54) is 5.56 Å². The standard InChI is InChI=1S/C25H31N5O2.HI/c1-4-26-25(28-16-23(31)30(5-2)17-20-9-7-6-8-10-20)27-15-22-18-32-24(29-22)21-13-11-19(3)12-14-21;/h6-14,18H,4-5,15-17H2,1-3H3,(H2,26,27,28);1H. The average Bonchev–Trinajstić information content (AvgIpc) is 3.29. The monoisotopic (exact) mass is 561 g/mol. The number of hydrogen-bond donors (Lipinski definition) is 2. The lowest BCUT2D eigenvalue weighted by Crippen LogP contribution is -2.44. The fourth-order valence-electron chi connectivity index (χ4n) is 3.16. The van der Waals surface area contributed by atoms with Gasteiger partial charge in [-0.15, -0.1) is 24.0 Å². The van der Waals surface area contributed by atoms with E-state index in [1.807, 2.05) is 80.3 Å². The Morgan fingerprint density at radius 2 is 1.79 bits per heavy atom.